The molecule has 0 fully saturated rings. The van der Waals surface area contributed by atoms with Gasteiger partial charge in [0.2, 0.25) is 16.0 Å². The molecule has 11 heteroatoms. The zero-order valence-electron chi connectivity index (χ0n) is 15.0. The number of methoxy groups -OCH3 is 1. The quantitative estimate of drug-likeness (QED) is 0.465. The van der Waals surface area contributed by atoms with Crippen molar-refractivity contribution in [3.05, 3.63) is 48.4 Å². The van der Waals surface area contributed by atoms with Crippen molar-refractivity contribution in [3.63, 3.8) is 0 Å². The number of pyridine rings is 1. The number of nitrogens with zero attached hydrogens (tertiary/aromatic N) is 4. The molecule has 0 aliphatic rings. The van der Waals surface area contributed by atoms with Gasteiger partial charge in [-0.05, 0) is 36.8 Å². The van der Waals surface area contributed by atoms with Crippen LogP contribution in [0.3, 0.4) is 0 Å². The van der Waals surface area contributed by atoms with E-state index in [2.05, 4.69) is 25.6 Å². The van der Waals surface area contributed by atoms with Crippen LogP contribution in [0.25, 0.3) is 16.8 Å². The lowest BCUT2D eigenvalue weighted by molar-refractivity contribution is 0.418. The number of aryl methyl sites for hydroxylation is 1. The Balaban J connectivity index is 1.73. The number of fused-ring (bicyclic) bond motifs is 1. The molecule has 0 aliphatic heterocycles. The lowest BCUT2D eigenvalue weighted by atomic mass is 10.1. The third-order valence-corrected chi connectivity index (χ3v) is 5.16. The van der Waals surface area contributed by atoms with Gasteiger partial charge in [-0.1, -0.05) is 0 Å². The number of sulfonamides is 1. The molecule has 0 bridgehead atoms. The zero-order valence-corrected chi connectivity index (χ0v) is 15.9. The van der Waals surface area contributed by atoms with Crippen LogP contribution in [0.15, 0.2) is 47.8 Å². The van der Waals surface area contributed by atoms with E-state index >= 15 is 0 Å². The molecule has 0 amide bonds. The summed E-state index contributed by atoms with van der Waals surface area (Å²) >= 11 is 0. The van der Waals surface area contributed by atoms with Crippen molar-refractivity contribution in [3.8, 4) is 16.9 Å². The first-order valence-electron chi connectivity index (χ1n) is 8.20. The molecule has 4 rings (SSSR count). The number of aromatic amines is 1. The molecule has 0 aliphatic carbocycles. The number of anilines is 2. The van der Waals surface area contributed by atoms with Crippen molar-refractivity contribution in [2.24, 2.45) is 5.14 Å². The molecular formula is C17H17N7O3S. The van der Waals surface area contributed by atoms with Crippen LogP contribution in [-0.2, 0) is 10.0 Å². The highest BCUT2D eigenvalue weighted by Gasteiger charge is 2.16. The number of nitrogens with two attached hydrogens (primary N) is 1. The van der Waals surface area contributed by atoms with Crippen molar-refractivity contribution < 1.29 is 13.2 Å². The Morgan fingerprint density at radius 3 is 2.75 bits per heavy atom. The first-order valence-corrected chi connectivity index (χ1v) is 9.74. The average Bonchev–Trinajstić information content (AvgIpc) is 3.30. The van der Waals surface area contributed by atoms with Crippen LogP contribution in [-0.4, -0.2) is 40.3 Å². The fourth-order valence-corrected chi connectivity index (χ4v) is 3.48. The normalized spacial score (nSPS) is 11.7. The van der Waals surface area contributed by atoms with E-state index in [4.69, 9.17) is 9.88 Å². The van der Waals surface area contributed by atoms with Crippen LogP contribution in [0.5, 0.6) is 5.75 Å². The highest BCUT2D eigenvalue weighted by molar-refractivity contribution is 7.89. The summed E-state index contributed by atoms with van der Waals surface area (Å²) in [6, 6.07) is 6.40. The number of nitrogens with one attached hydrogen (secondary N) is 2. The summed E-state index contributed by atoms with van der Waals surface area (Å²) in [7, 11) is -2.19. The monoisotopic (exact) mass is 399 g/mol. The first kappa shape index (κ1) is 17.9. The smallest absolute Gasteiger partial charge is 0.247 e. The van der Waals surface area contributed by atoms with E-state index in [9.17, 15) is 8.42 Å². The first-order chi connectivity index (χ1) is 13.4. The van der Waals surface area contributed by atoms with Crippen LogP contribution in [0, 0.1) is 6.92 Å². The summed E-state index contributed by atoms with van der Waals surface area (Å²) in [6.07, 6.45) is 5.23. The molecule has 144 valence electrons. The van der Waals surface area contributed by atoms with Crippen LogP contribution in [0.2, 0.25) is 0 Å². The molecule has 0 atom stereocenters. The topological polar surface area (TPSA) is 140 Å². The van der Waals surface area contributed by atoms with Gasteiger partial charge >= 0.3 is 0 Å². The molecule has 0 saturated heterocycles. The minimum atomic E-state index is -3.76. The van der Waals surface area contributed by atoms with E-state index in [0.717, 1.165) is 11.1 Å². The summed E-state index contributed by atoms with van der Waals surface area (Å²) < 4.78 is 30.1. The SMILES string of the molecule is COc1c(-c2cn[nH]c2)ccn2nc(Nc3ccc(S(N)(=O)=O)cc3C)nc12. The molecule has 3 aromatic heterocycles. The summed E-state index contributed by atoms with van der Waals surface area (Å²) in [5.74, 6) is 0.903. The molecule has 4 N–H and O–H groups in total. The molecule has 0 spiro atoms. The van der Waals surface area contributed by atoms with Crippen LogP contribution < -0.4 is 15.2 Å². The average molecular weight is 399 g/mol. The van der Waals surface area contributed by atoms with Gasteiger partial charge in [-0.15, -0.1) is 5.10 Å². The molecule has 0 unspecified atom stereocenters. The van der Waals surface area contributed by atoms with Gasteiger partial charge in [0, 0.05) is 29.2 Å². The van der Waals surface area contributed by atoms with E-state index in [-0.39, 0.29) is 4.90 Å². The minimum Gasteiger partial charge on any atom is -0.492 e. The number of primary sulfonamides is 1. The maximum Gasteiger partial charge on any atom is 0.247 e. The lowest BCUT2D eigenvalue weighted by Crippen LogP contribution is -2.12. The predicted octanol–water partition coefficient (Wildman–Crippen LogP) is 1.83. The summed E-state index contributed by atoms with van der Waals surface area (Å²) in [4.78, 5) is 4.55. The van der Waals surface area contributed by atoms with Crippen LogP contribution >= 0.6 is 0 Å². The Bertz CT molecular complexity index is 1260. The van der Waals surface area contributed by atoms with Gasteiger partial charge in [-0.2, -0.15) is 10.1 Å². The standard InChI is InChI=1S/C17H17N7O3S/c1-10-7-12(28(18,25)26)3-4-14(10)21-17-22-16-15(27-2)13(5-6-24(16)23-17)11-8-19-20-9-11/h3-9H,1-2H3,(H,19,20)(H,21,23)(H2,18,25,26). The zero-order chi connectivity index (χ0) is 19.9. The van der Waals surface area contributed by atoms with E-state index < -0.39 is 10.0 Å². The number of benzene rings is 1. The van der Waals surface area contributed by atoms with Gasteiger partial charge < -0.3 is 10.1 Å². The van der Waals surface area contributed by atoms with Gasteiger partial charge in [0.25, 0.3) is 0 Å². The fourth-order valence-electron chi connectivity index (χ4n) is 2.88. The minimum absolute atomic E-state index is 0.0462. The Morgan fingerprint density at radius 1 is 1.29 bits per heavy atom. The number of ether oxygens (including phenoxy) is 1. The molecule has 10 nitrogen and oxygen atoms in total. The molecule has 0 radical (unpaired) electrons. The fraction of sp³-hybridized carbons (Fsp3) is 0.118. The van der Waals surface area contributed by atoms with Crippen LogP contribution in [0.4, 0.5) is 11.6 Å². The van der Waals surface area contributed by atoms with Crippen LogP contribution in [0.1, 0.15) is 5.56 Å². The number of rotatable bonds is 5. The van der Waals surface area contributed by atoms with Crippen molar-refractivity contribution in [2.75, 3.05) is 12.4 Å². The van der Waals surface area contributed by atoms with E-state index in [1.807, 2.05) is 6.07 Å². The molecule has 0 saturated carbocycles. The summed E-state index contributed by atoms with van der Waals surface area (Å²) in [5, 5.41) is 19.4. The third-order valence-electron chi connectivity index (χ3n) is 4.25. The number of hydrogen-bond acceptors (Lipinski definition) is 7. The number of hydrogen-bond donors (Lipinski definition) is 3. The highest BCUT2D eigenvalue weighted by Crippen LogP contribution is 2.33. The van der Waals surface area contributed by atoms with E-state index in [0.29, 0.717) is 28.6 Å². The van der Waals surface area contributed by atoms with Crippen molar-refractivity contribution >= 4 is 27.3 Å². The second kappa shape index (κ2) is 6.62. The maximum atomic E-state index is 11.5. The van der Waals surface area contributed by atoms with Gasteiger partial charge in [-0.25, -0.2) is 18.1 Å². The number of aromatic nitrogens is 5. The van der Waals surface area contributed by atoms with Crippen molar-refractivity contribution in [1.29, 1.82) is 0 Å². The van der Waals surface area contributed by atoms with Crippen molar-refractivity contribution in [2.45, 2.75) is 11.8 Å². The van der Waals surface area contributed by atoms with Gasteiger partial charge in [0.15, 0.2) is 11.4 Å². The van der Waals surface area contributed by atoms with Gasteiger partial charge in [0.05, 0.1) is 18.2 Å². The van der Waals surface area contributed by atoms with Gasteiger partial charge in [-0.3, -0.25) is 5.10 Å². The molecule has 28 heavy (non-hydrogen) atoms. The number of H-pyrrole nitrogens is 1. The summed E-state index contributed by atoms with van der Waals surface area (Å²) in [5.41, 5.74) is 3.58. The second-order valence-electron chi connectivity index (χ2n) is 6.10. The molecule has 3 heterocycles. The highest BCUT2D eigenvalue weighted by atomic mass is 32.2. The van der Waals surface area contributed by atoms with Gasteiger partial charge in [0.1, 0.15) is 0 Å². The summed E-state index contributed by atoms with van der Waals surface area (Å²) in [6.45, 7) is 1.77. The van der Waals surface area contributed by atoms with E-state index in [1.165, 1.54) is 12.1 Å². The lowest BCUT2D eigenvalue weighted by Gasteiger charge is -2.07. The largest absolute Gasteiger partial charge is 0.492 e. The maximum absolute atomic E-state index is 11.5. The molecule has 1 aromatic carbocycles. The Labute approximate surface area is 160 Å². The van der Waals surface area contributed by atoms with Crippen molar-refractivity contribution in [1.82, 2.24) is 24.8 Å². The Kier molecular flexibility index (Phi) is 4.24. The molecular weight excluding hydrogens is 382 g/mol. The Hall–Kier alpha value is -3.44. The third kappa shape index (κ3) is 3.17. The molecule has 4 aromatic rings. The predicted molar refractivity (Wildman–Crippen MR) is 103 cm³/mol. The Morgan fingerprint density at radius 2 is 2.11 bits per heavy atom. The second-order valence-corrected chi connectivity index (χ2v) is 7.66. The van der Waals surface area contributed by atoms with E-state index in [1.54, 1.807) is 43.2 Å².